The molecule has 0 aliphatic carbocycles. The topological polar surface area (TPSA) is 26.3 Å². The van der Waals surface area contributed by atoms with E-state index in [9.17, 15) is 4.79 Å². The van der Waals surface area contributed by atoms with Crippen LogP contribution in [0.2, 0.25) is 0 Å². The SMILES string of the molecule is [CH2]CC(=O)OCCCCc1ccccc1. The van der Waals surface area contributed by atoms with E-state index in [0.717, 1.165) is 19.3 Å². The molecule has 2 heteroatoms. The summed E-state index contributed by atoms with van der Waals surface area (Å²) in [6.45, 7) is 3.97. The van der Waals surface area contributed by atoms with Gasteiger partial charge in [0.1, 0.15) is 0 Å². The molecule has 0 fully saturated rings. The molecule has 0 saturated carbocycles. The fourth-order valence-electron chi connectivity index (χ4n) is 1.33. The monoisotopic (exact) mass is 205 g/mol. The van der Waals surface area contributed by atoms with Gasteiger partial charge in [0.25, 0.3) is 0 Å². The van der Waals surface area contributed by atoms with Gasteiger partial charge in [-0.05, 0) is 31.7 Å². The van der Waals surface area contributed by atoms with Crippen LogP contribution in [0, 0.1) is 6.92 Å². The van der Waals surface area contributed by atoms with Crippen LogP contribution in [-0.2, 0) is 16.0 Å². The zero-order chi connectivity index (χ0) is 10.9. The highest BCUT2D eigenvalue weighted by atomic mass is 16.5. The molecule has 0 unspecified atom stereocenters. The van der Waals surface area contributed by atoms with Crippen LogP contribution in [0.15, 0.2) is 30.3 Å². The smallest absolute Gasteiger partial charge is 0.305 e. The van der Waals surface area contributed by atoms with Crippen molar-refractivity contribution in [1.82, 2.24) is 0 Å². The summed E-state index contributed by atoms with van der Waals surface area (Å²) in [4.78, 5) is 10.8. The zero-order valence-corrected chi connectivity index (χ0v) is 8.95. The molecule has 0 amide bonds. The Morgan fingerprint density at radius 1 is 1.20 bits per heavy atom. The predicted molar refractivity (Wildman–Crippen MR) is 60.3 cm³/mol. The van der Waals surface area contributed by atoms with Crippen molar-refractivity contribution >= 4 is 5.97 Å². The molecule has 0 spiro atoms. The predicted octanol–water partition coefficient (Wildman–Crippen LogP) is 2.78. The summed E-state index contributed by atoms with van der Waals surface area (Å²) < 4.78 is 4.93. The Morgan fingerprint density at radius 2 is 1.93 bits per heavy atom. The van der Waals surface area contributed by atoms with E-state index in [2.05, 4.69) is 19.1 Å². The van der Waals surface area contributed by atoms with Gasteiger partial charge in [-0.25, -0.2) is 0 Å². The van der Waals surface area contributed by atoms with Crippen LogP contribution >= 0.6 is 0 Å². The van der Waals surface area contributed by atoms with Crippen LogP contribution in [0.4, 0.5) is 0 Å². The zero-order valence-electron chi connectivity index (χ0n) is 8.95. The summed E-state index contributed by atoms with van der Waals surface area (Å²) in [5.74, 6) is -0.213. The third-order valence-corrected chi connectivity index (χ3v) is 2.17. The van der Waals surface area contributed by atoms with Crippen molar-refractivity contribution in [2.75, 3.05) is 6.61 Å². The maximum absolute atomic E-state index is 10.8. The second-order valence-corrected chi connectivity index (χ2v) is 3.41. The van der Waals surface area contributed by atoms with Crippen molar-refractivity contribution in [2.45, 2.75) is 25.7 Å². The third-order valence-electron chi connectivity index (χ3n) is 2.17. The lowest BCUT2D eigenvalue weighted by Crippen LogP contribution is -2.04. The third kappa shape index (κ3) is 5.21. The average Bonchev–Trinajstić information content (AvgIpc) is 2.29. The minimum absolute atomic E-state index is 0.213. The molecule has 1 aromatic carbocycles. The molecule has 1 aromatic rings. The molecular weight excluding hydrogens is 188 g/mol. The molecule has 81 valence electrons. The fourth-order valence-corrected chi connectivity index (χ4v) is 1.33. The quantitative estimate of drug-likeness (QED) is 0.527. The first-order valence-corrected chi connectivity index (χ1v) is 5.31. The van der Waals surface area contributed by atoms with Crippen LogP contribution < -0.4 is 0 Å². The summed E-state index contributed by atoms with van der Waals surface area (Å²) in [5.41, 5.74) is 1.33. The molecule has 0 aliphatic rings. The Labute approximate surface area is 91.3 Å². The van der Waals surface area contributed by atoms with Crippen molar-refractivity contribution in [3.05, 3.63) is 42.8 Å². The molecule has 15 heavy (non-hydrogen) atoms. The number of rotatable bonds is 6. The van der Waals surface area contributed by atoms with Crippen LogP contribution in [0.5, 0.6) is 0 Å². The van der Waals surface area contributed by atoms with Crippen molar-refractivity contribution in [3.8, 4) is 0 Å². The number of aryl methyl sites for hydroxylation is 1. The van der Waals surface area contributed by atoms with Gasteiger partial charge in [0.15, 0.2) is 0 Å². The van der Waals surface area contributed by atoms with Gasteiger partial charge in [0.2, 0.25) is 0 Å². The summed E-state index contributed by atoms with van der Waals surface area (Å²) >= 11 is 0. The number of ether oxygens (including phenoxy) is 1. The summed E-state index contributed by atoms with van der Waals surface area (Å²) in [5, 5.41) is 0. The summed E-state index contributed by atoms with van der Waals surface area (Å²) in [6, 6.07) is 10.3. The Bertz CT molecular complexity index is 280. The molecule has 0 aromatic heterocycles. The van der Waals surface area contributed by atoms with E-state index in [-0.39, 0.29) is 12.4 Å². The minimum atomic E-state index is -0.213. The van der Waals surface area contributed by atoms with E-state index in [1.807, 2.05) is 18.2 Å². The lowest BCUT2D eigenvalue weighted by molar-refractivity contribution is -0.142. The standard InChI is InChI=1S/C13H17O2/c1-2-13(14)15-11-7-6-10-12-8-4-3-5-9-12/h3-5,8-9H,1-2,6-7,10-11H2. The Balaban J connectivity index is 2.05. The Kier molecular flexibility index (Phi) is 5.52. The van der Waals surface area contributed by atoms with E-state index in [4.69, 9.17) is 4.74 Å². The molecule has 0 bridgehead atoms. The van der Waals surface area contributed by atoms with Gasteiger partial charge in [-0.1, -0.05) is 30.3 Å². The highest BCUT2D eigenvalue weighted by Gasteiger charge is 1.97. The van der Waals surface area contributed by atoms with Gasteiger partial charge in [0.05, 0.1) is 6.61 Å². The van der Waals surface area contributed by atoms with E-state index >= 15 is 0 Å². The first kappa shape index (κ1) is 11.8. The van der Waals surface area contributed by atoms with Crippen LogP contribution in [0.3, 0.4) is 0 Å². The number of unbranched alkanes of at least 4 members (excludes halogenated alkanes) is 1. The highest BCUT2D eigenvalue weighted by molar-refractivity contribution is 5.69. The van der Waals surface area contributed by atoms with E-state index in [0.29, 0.717) is 6.61 Å². The fraction of sp³-hybridized carbons (Fsp3) is 0.385. The first-order valence-electron chi connectivity index (χ1n) is 5.31. The van der Waals surface area contributed by atoms with Crippen LogP contribution in [0.25, 0.3) is 0 Å². The molecule has 2 nitrogen and oxygen atoms in total. The number of carbonyl (C=O) groups excluding carboxylic acids is 1. The van der Waals surface area contributed by atoms with Gasteiger partial charge in [-0.15, -0.1) is 0 Å². The number of esters is 1. The van der Waals surface area contributed by atoms with Crippen molar-refractivity contribution in [3.63, 3.8) is 0 Å². The lowest BCUT2D eigenvalue weighted by atomic mass is 10.1. The Morgan fingerprint density at radius 3 is 2.60 bits per heavy atom. The molecule has 1 radical (unpaired) electrons. The van der Waals surface area contributed by atoms with E-state index in [1.54, 1.807) is 0 Å². The molecule has 0 saturated heterocycles. The van der Waals surface area contributed by atoms with Crippen LogP contribution in [-0.4, -0.2) is 12.6 Å². The number of hydrogen-bond donors (Lipinski definition) is 0. The maximum Gasteiger partial charge on any atom is 0.305 e. The number of hydrogen-bond acceptors (Lipinski definition) is 2. The van der Waals surface area contributed by atoms with Crippen molar-refractivity contribution in [2.24, 2.45) is 0 Å². The molecule has 0 N–H and O–H groups in total. The van der Waals surface area contributed by atoms with Gasteiger partial charge in [0, 0.05) is 6.42 Å². The normalized spacial score (nSPS) is 9.93. The molecule has 0 atom stereocenters. The van der Waals surface area contributed by atoms with Gasteiger partial charge < -0.3 is 4.74 Å². The lowest BCUT2D eigenvalue weighted by Gasteiger charge is -2.03. The van der Waals surface area contributed by atoms with Gasteiger partial charge in [-0.2, -0.15) is 0 Å². The van der Waals surface area contributed by atoms with Crippen molar-refractivity contribution in [1.29, 1.82) is 0 Å². The first-order chi connectivity index (χ1) is 7.33. The number of benzene rings is 1. The maximum atomic E-state index is 10.8. The van der Waals surface area contributed by atoms with Gasteiger partial charge >= 0.3 is 5.97 Å². The molecule has 0 heterocycles. The van der Waals surface area contributed by atoms with E-state index in [1.165, 1.54) is 5.56 Å². The average molecular weight is 205 g/mol. The molecule has 1 rings (SSSR count). The highest BCUT2D eigenvalue weighted by Crippen LogP contribution is 2.04. The van der Waals surface area contributed by atoms with E-state index < -0.39 is 0 Å². The van der Waals surface area contributed by atoms with Crippen molar-refractivity contribution < 1.29 is 9.53 Å². The number of carbonyl (C=O) groups is 1. The van der Waals surface area contributed by atoms with Crippen LogP contribution in [0.1, 0.15) is 24.8 Å². The largest absolute Gasteiger partial charge is 0.466 e. The second-order valence-electron chi connectivity index (χ2n) is 3.41. The summed E-state index contributed by atoms with van der Waals surface area (Å²) in [6.07, 6.45) is 3.23. The Hall–Kier alpha value is -1.31. The minimum Gasteiger partial charge on any atom is -0.466 e. The van der Waals surface area contributed by atoms with Gasteiger partial charge in [-0.3, -0.25) is 4.79 Å². The summed E-state index contributed by atoms with van der Waals surface area (Å²) in [7, 11) is 0. The molecule has 0 aliphatic heterocycles. The second kappa shape index (κ2) is 7.04. The molecular formula is C13H17O2.